The molecule has 1 aromatic heterocycles. The predicted molar refractivity (Wildman–Crippen MR) is 104 cm³/mol. The highest BCUT2D eigenvalue weighted by molar-refractivity contribution is 6.30. The van der Waals surface area contributed by atoms with E-state index in [9.17, 15) is 4.79 Å². The summed E-state index contributed by atoms with van der Waals surface area (Å²) in [5.41, 5.74) is 3.23. The van der Waals surface area contributed by atoms with Crippen LogP contribution in [0.5, 0.6) is 11.6 Å². The Morgan fingerprint density at radius 3 is 2.46 bits per heavy atom. The SMILES string of the molecule is Cc1cc(Cl)ccc1Oc1ccc(N(C)C(=O)c2ccccc2C)cn1. The van der Waals surface area contributed by atoms with Crippen LogP contribution in [0.15, 0.2) is 60.8 Å². The van der Waals surface area contributed by atoms with Crippen molar-refractivity contribution >= 4 is 23.2 Å². The molecule has 0 fully saturated rings. The summed E-state index contributed by atoms with van der Waals surface area (Å²) in [6.07, 6.45) is 1.62. The van der Waals surface area contributed by atoms with Crippen LogP contribution in [0.3, 0.4) is 0 Å². The molecule has 2 aromatic carbocycles. The van der Waals surface area contributed by atoms with Crippen LogP contribution in [0.4, 0.5) is 5.69 Å². The smallest absolute Gasteiger partial charge is 0.258 e. The van der Waals surface area contributed by atoms with Crippen LogP contribution in [0.2, 0.25) is 5.02 Å². The Hall–Kier alpha value is -2.85. The third-order valence-corrected chi connectivity index (χ3v) is 4.37. The van der Waals surface area contributed by atoms with Gasteiger partial charge in [0.2, 0.25) is 5.88 Å². The number of carbonyl (C=O) groups excluding carboxylic acids is 1. The summed E-state index contributed by atoms with van der Waals surface area (Å²) in [5, 5.41) is 0.662. The van der Waals surface area contributed by atoms with E-state index in [1.807, 2.05) is 50.2 Å². The number of pyridine rings is 1. The Bertz CT molecular complexity index is 939. The minimum atomic E-state index is -0.0767. The summed E-state index contributed by atoms with van der Waals surface area (Å²) in [5.74, 6) is 1.07. The van der Waals surface area contributed by atoms with Crippen molar-refractivity contribution < 1.29 is 9.53 Å². The van der Waals surface area contributed by atoms with Gasteiger partial charge in [-0.05, 0) is 55.3 Å². The number of hydrogen-bond donors (Lipinski definition) is 0. The molecule has 0 radical (unpaired) electrons. The number of amides is 1. The van der Waals surface area contributed by atoms with E-state index in [4.69, 9.17) is 16.3 Å². The number of benzene rings is 2. The largest absolute Gasteiger partial charge is 0.439 e. The van der Waals surface area contributed by atoms with Gasteiger partial charge >= 0.3 is 0 Å². The molecule has 5 heteroatoms. The molecule has 4 nitrogen and oxygen atoms in total. The summed E-state index contributed by atoms with van der Waals surface area (Å²) in [7, 11) is 1.73. The number of aryl methyl sites for hydroxylation is 2. The number of halogens is 1. The van der Waals surface area contributed by atoms with Crippen molar-refractivity contribution in [2.45, 2.75) is 13.8 Å². The van der Waals surface area contributed by atoms with Crippen molar-refractivity contribution in [2.24, 2.45) is 0 Å². The van der Waals surface area contributed by atoms with Crippen molar-refractivity contribution in [1.82, 2.24) is 4.98 Å². The summed E-state index contributed by atoms with van der Waals surface area (Å²) in [6, 6.07) is 16.5. The lowest BCUT2D eigenvalue weighted by Gasteiger charge is -2.18. The molecule has 0 saturated carbocycles. The maximum Gasteiger partial charge on any atom is 0.258 e. The molecule has 26 heavy (non-hydrogen) atoms. The second-order valence-corrected chi connectivity index (χ2v) is 6.48. The maximum atomic E-state index is 12.7. The Morgan fingerprint density at radius 2 is 1.81 bits per heavy atom. The molecule has 3 rings (SSSR count). The van der Waals surface area contributed by atoms with E-state index in [0.717, 1.165) is 11.1 Å². The van der Waals surface area contributed by atoms with E-state index >= 15 is 0 Å². The number of anilines is 1. The highest BCUT2D eigenvalue weighted by Crippen LogP contribution is 2.27. The first-order valence-corrected chi connectivity index (χ1v) is 8.57. The number of ether oxygens (including phenoxy) is 1. The van der Waals surface area contributed by atoms with Crippen molar-refractivity contribution in [1.29, 1.82) is 0 Å². The molecule has 0 aliphatic rings. The Kier molecular flexibility index (Phi) is 5.24. The first kappa shape index (κ1) is 18.0. The summed E-state index contributed by atoms with van der Waals surface area (Å²) in [4.78, 5) is 18.6. The average molecular weight is 367 g/mol. The van der Waals surface area contributed by atoms with E-state index < -0.39 is 0 Å². The van der Waals surface area contributed by atoms with Crippen LogP contribution >= 0.6 is 11.6 Å². The summed E-state index contributed by atoms with van der Waals surface area (Å²) >= 11 is 5.96. The first-order chi connectivity index (χ1) is 12.5. The van der Waals surface area contributed by atoms with Gasteiger partial charge in [-0.15, -0.1) is 0 Å². The van der Waals surface area contributed by atoms with Gasteiger partial charge in [-0.25, -0.2) is 4.98 Å². The minimum absolute atomic E-state index is 0.0767. The van der Waals surface area contributed by atoms with Gasteiger partial charge in [0, 0.05) is 23.7 Å². The topological polar surface area (TPSA) is 42.4 Å². The maximum absolute atomic E-state index is 12.7. The molecule has 0 atom stereocenters. The third kappa shape index (κ3) is 3.86. The molecular formula is C21H19ClN2O2. The molecular weight excluding hydrogens is 348 g/mol. The van der Waals surface area contributed by atoms with Crippen LogP contribution in [-0.4, -0.2) is 17.9 Å². The van der Waals surface area contributed by atoms with Gasteiger partial charge in [0.05, 0.1) is 11.9 Å². The number of carbonyl (C=O) groups is 1. The monoisotopic (exact) mass is 366 g/mol. The number of hydrogen-bond acceptors (Lipinski definition) is 3. The first-order valence-electron chi connectivity index (χ1n) is 8.19. The highest BCUT2D eigenvalue weighted by atomic mass is 35.5. The van der Waals surface area contributed by atoms with E-state index in [0.29, 0.717) is 27.9 Å². The lowest BCUT2D eigenvalue weighted by molar-refractivity contribution is 0.0992. The van der Waals surface area contributed by atoms with Gasteiger partial charge in [-0.3, -0.25) is 4.79 Å². The molecule has 132 valence electrons. The molecule has 0 unspecified atom stereocenters. The van der Waals surface area contributed by atoms with E-state index in [1.54, 1.807) is 36.3 Å². The van der Waals surface area contributed by atoms with Crippen LogP contribution in [0.1, 0.15) is 21.5 Å². The van der Waals surface area contributed by atoms with E-state index in [1.165, 1.54) is 0 Å². The standard InChI is InChI=1S/C21H19ClN2O2/c1-14-6-4-5-7-18(14)21(25)24(3)17-9-11-20(23-13-17)26-19-10-8-16(22)12-15(19)2/h4-13H,1-3H3. The molecule has 0 saturated heterocycles. The van der Waals surface area contributed by atoms with Gasteiger partial charge in [0.1, 0.15) is 5.75 Å². The summed E-state index contributed by atoms with van der Waals surface area (Å²) in [6.45, 7) is 3.84. The molecule has 3 aromatic rings. The predicted octanol–water partition coefficient (Wildman–Crippen LogP) is 5.42. The third-order valence-electron chi connectivity index (χ3n) is 4.14. The molecule has 0 aliphatic heterocycles. The van der Waals surface area contributed by atoms with Crippen LogP contribution in [-0.2, 0) is 0 Å². The molecule has 1 heterocycles. The van der Waals surface area contributed by atoms with Gasteiger partial charge in [-0.1, -0.05) is 29.8 Å². The van der Waals surface area contributed by atoms with Crippen molar-refractivity contribution in [3.05, 3.63) is 82.5 Å². The van der Waals surface area contributed by atoms with Gasteiger partial charge in [0.15, 0.2) is 0 Å². The molecule has 0 spiro atoms. The highest BCUT2D eigenvalue weighted by Gasteiger charge is 2.15. The van der Waals surface area contributed by atoms with E-state index in [2.05, 4.69) is 4.98 Å². The fraction of sp³-hybridized carbons (Fsp3) is 0.143. The Morgan fingerprint density at radius 1 is 1.04 bits per heavy atom. The zero-order valence-electron chi connectivity index (χ0n) is 14.9. The van der Waals surface area contributed by atoms with Crippen LogP contribution in [0.25, 0.3) is 0 Å². The quantitative estimate of drug-likeness (QED) is 0.619. The van der Waals surface area contributed by atoms with Crippen molar-refractivity contribution in [3.63, 3.8) is 0 Å². The Balaban J connectivity index is 1.76. The fourth-order valence-corrected chi connectivity index (χ4v) is 2.81. The lowest BCUT2D eigenvalue weighted by atomic mass is 10.1. The second kappa shape index (κ2) is 7.58. The summed E-state index contributed by atoms with van der Waals surface area (Å²) < 4.78 is 5.79. The molecule has 1 amide bonds. The average Bonchev–Trinajstić information content (AvgIpc) is 2.64. The van der Waals surface area contributed by atoms with Crippen molar-refractivity contribution in [3.8, 4) is 11.6 Å². The lowest BCUT2D eigenvalue weighted by Crippen LogP contribution is -2.26. The zero-order valence-corrected chi connectivity index (χ0v) is 15.6. The zero-order chi connectivity index (χ0) is 18.7. The number of nitrogens with zero attached hydrogens (tertiary/aromatic N) is 2. The van der Waals surface area contributed by atoms with E-state index in [-0.39, 0.29) is 5.91 Å². The number of rotatable bonds is 4. The van der Waals surface area contributed by atoms with Gasteiger partial charge in [0.25, 0.3) is 5.91 Å². The fourth-order valence-electron chi connectivity index (χ4n) is 2.58. The minimum Gasteiger partial charge on any atom is -0.439 e. The number of aromatic nitrogens is 1. The van der Waals surface area contributed by atoms with Crippen LogP contribution < -0.4 is 9.64 Å². The molecule has 0 bridgehead atoms. The second-order valence-electron chi connectivity index (χ2n) is 6.05. The van der Waals surface area contributed by atoms with Crippen molar-refractivity contribution in [2.75, 3.05) is 11.9 Å². The molecule has 0 N–H and O–H groups in total. The van der Waals surface area contributed by atoms with Crippen LogP contribution in [0, 0.1) is 13.8 Å². The van der Waals surface area contributed by atoms with Gasteiger partial charge < -0.3 is 9.64 Å². The Labute approximate surface area is 158 Å². The normalized spacial score (nSPS) is 10.5. The van der Waals surface area contributed by atoms with Gasteiger partial charge in [-0.2, -0.15) is 0 Å². The molecule has 0 aliphatic carbocycles.